The summed E-state index contributed by atoms with van der Waals surface area (Å²) in [5.41, 5.74) is 1.06. The van der Waals surface area contributed by atoms with Crippen molar-refractivity contribution in [2.24, 2.45) is 4.99 Å². The van der Waals surface area contributed by atoms with E-state index in [0.29, 0.717) is 28.2 Å². The summed E-state index contributed by atoms with van der Waals surface area (Å²) in [5.74, 6) is 0.354. The van der Waals surface area contributed by atoms with Gasteiger partial charge in [-0.15, -0.1) is 0 Å². The van der Waals surface area contributed by atoms with Gasteiger partial charge in [-0.05, 0) is 53.6 Å². The van der Waals surface area contributed by atoms with E-state index in [0.717, 1.165) is 12.1 Å². The molecule has 0 atom stereocenters. The SMILES string of the molecule is COc1cc(C=C2N=C(c3ccccc3)OC2=O)ccc1OCc1cccc(C(F)(F)F)c1. The van der Waals surface area contributed by atoms with Crippen LogP contribution in [0.15, 0.2) is 83.5 Å². The molecule has 0 radical (unpaired) electrons. The van der Waals surface area contributed by atoms with Gasteiger partial charge in [0, 0.05) is 5.56 Å². The Balaban J connectivity index is 1.52. The zero-order chi connectivity index (χ0) is 23.4. The molecule has 0 unspecified atom stereocenters. The quantitative estimate of drug-likeness (QED) is 0.358. The molecule has 0 N–H and O–H groups in total. The van der Waals surface area contributed by atoms with Crippen LogP contribution in [-0.4, -0.2) is 19.0 Å². The van der Waals surface area contributed by atoms with Crippen LogP contribution in [0.3, 0.4) is 0 Å². The third-order valence-corrected chi connectivity index (χ3v) is 4.78. The van der Waals surface area contributed by atoms with Gasteiger partial charge in [-0.2, -0.15) is 13.2 Å². The molecule has 3 aromatic rings. The van der Waals surface area contributed by atoms with Crippen molar-refractivity contribution in [3.05, 3.63) is 101 Å². The van der Waals surface area contributed by atoms with Gasteiger partial charge in [0.05, 0.1) is 12.7 Å². The third kappa shape index (κ3) is 5.23. The predicted octanol–water partition coefficient (Wildman–Crippen LogP) is 5.64. The fourth-order valence-corrected chi connectivity index (χ4v) is 3.16. The highest BCUT2D eigenvalue weighted by atomic mass is 19.4. The van der Waals surface area contributed by atoms with E-state index in [2.05, 4.69) is 4.99 Å². The maximum atomic E-state index is 12.9. The lowest BCUT2D eigenvalue weighted by atomic mass is 10.1. The van der Waals surface area contributed by atoms with Crippen molar-refractivity contribution in [2.45, 2.75) is 12.8 Å². The van der Waals surface area contributed by atoms with Gasteiger partial charge < -0.3 is 14.2 Å². The average molecular weight is 453 g/mol. The second kappa shape index (κ2) is 9.20. The van der Waals surface area contributed by atoms with E-state index >= 15 is 0 Å². The van der Waals surface area contributed by atoms with Crippen LogP contribution in [-0.2, 0) is 22.3 Å². The minimum absolute atomic E-state index is 0.0717. The number of cyclic esters (lactones) is 1. The normalized spacial score (nSPS) is 14.7. The summed E-state index contributed by atoms with van der Waals surface area (Å²) in [6.45, 7) is -0.0717. The molecule has 1 aliphatic heterocycles. The summed E-state index contributed by atoms with van der Waals surface area (Å²) in [6.07, 6.45) is -2.87. The minimum Gasteiger partial charge on any atom is -0.493 e. The van der Waals surface area contributed by atoms with Gasteiger partial charge in [0.2, 0.25) is 5.90 Å². The molecule has 1 aliphatic rings. The molecular formula is C25H18F3NO4. The van der Waals surface area contributed by atoms with Crippen molar-refractivity contribution in [2.75, 3.05) is 7.11 Å². The van der Waals surface area contributed by atoms with Crippen LogP contribution in [0.25, 0.3) is 6.08 Å². The predicted molar refractivity (Wildman–Crippen MR) is 116 cm³/mol. The van der Waals surface area contributed by atoms with Crippen LogP contribution >= 0.6 is 0 Å². The zero-order valence-corrected chi connectivity index (χ0v) is 17.4. The molecule has 3 aromatic carbocycles. The van der Waals surface area contributed by atoms with Crippen LogP contribution in [0.5, 0.6) is 11.5 Å². The maximum absolute atomic E-state index is 12.9. The summed E-state index contributed by atoms with van der Waals surface area (Å²) in [6, 6.07) is 18.9. The highest BCUT2D eigenvalue weighted by molar-refractivity contribution is 6.12. The van der Waals surface area contributed by atoms with Gasteiger partial charge in [-0.25, -0.2) is 9.79 Å². The van der Waals surface area contributed by atoms with Crippen molar-refractivity contribution >= 4 is 17.9 Å². The number of ether oxygens (including phenoxy) is 3. The number of alkyl halides is 3. The Labute approximate surface area is 187 Å². The molecule has 33 heavy (non-hydrogen) atoms. The van der Waals surface area contributed by atoms with Gasteiger partial charge in [0.25, 0.3) is 0 Å². The lowest BCUT2D eigenvalue weighted by Crippen LogP contribution is -2.06. The van der Waals surface area contributed by atoms with Crippen molar-refractivity contribution in [3.8, 4) is 11.5 Å². The van der Waals surface area contributed by atoms with Crippen molar-refractivity contribution in [3.63, 3.8) is 0 Å². The van der Waals surface area contributed by atoms with E-state index in [-0.39, 0.29) is 18.2 Å². The smallest absolute Gasteiger partial charge is 0.416 e. The first-order valence-corrected chi connectivity index (χ1v) is 9.88. The van der Waals surface area contributed by atoms with Gasteiger partial charge in [-0.3, -0.25) is 0 Å². The topological polar surface area (TPSA) is 57.1 Å². The Bertz CT molecular complexity index is 1230. The Morgan fingerprint density at radius 3 is 2.48 bits per heavy atom. The molecule has 0 bridgehead atoms. The van der Waals surface area contributed by atoms with Crippen molar-refractivity contribution in [1.29, 1.82) is 0 Å². The lowest BCUT2D eigenvalue weighted by molar-refractivity contribution is -0.137. The molecule has 4 rings (SSSR count). The fourth-order valence-electron chi connectivity index (χ4n) is 3.16. The molecule has 0 fully saturated rings. The van der Waals surface area contributed by atoms with Crippen molar-refractivity contribution < 1.29 is 32.2 Å². The number of rotatable bonds is 6. The number of aliphatic imine (C=N–C) groups is 1. The Morgan fingerprint density at radius 2 is 1.76 bits per heavy atom. The number of esters is 1. The summed E-state index contributed by atoms with van der Waals surface area (Å²) < 4.78 is 55.0. The molecule has 8 heteroatoms. The van der Waals surface area contributed by atoms with E-state index in [9.17, 15) is 18.0 Å². The van der Waals surface area contributed by atoms with Crippen molar-refractivity contribution in [1.82, 2.24) is 0 Å². The molecule has 0 saturated carbocycles. The first-order valence-electron chi connectivity index (χ1n) is 9.88. The average Bonchev–Trinajstić information content (AvgIpc) is 3.18. The molecule has 0 spiro atoms. The lowest BCUT2D eigenvalue weighted by Gasteiger charge is -2.13. The summed E-state index contributed by atoms with van der Waals surface area (Å²) in [5, 5.41) is 0. The molecule has 5 nitrogen and oxygen atoms in total. The third-order valence-electron chi connectivity index (χ3n) is 4.78. The van der Waals surface area contributed by atoms with Gasteiger partial charge in [0.1, 0.15) is 6.61 Å². The molecule has 0 amide bonds. The summed E-state index contributed by atoms with van der Waals surface area (Å²) in [7, 11) is 1.44. The number of halogens is 3. The molecule has 0 aromatic heterocycles. The van der Waals surface area contributed by atoms with E-state index in [4.69, 9.17) is 14.2 Å². The minimum atomic E-state index is -4.42. The first kappa shape index (κ1) is 22.1. The van der Waals surface area contributed by atoms with E-state index in [1.807, 2.05) is 18.2 Å². The molecule has 0 aliphatic carbocycles. The maximum Gasteiger partial charge on any atom is 0.416 e. The molecular weight excluding hydrogens is 435 g/mol. The van der Waals surface area contributed by atoms with Crippen LogP contribution in [0.4, 0.5) is 13.2 Å². The van der Waals surface area contributed by atoms with Gasteiger partial charge >= 0.3 is 12.1 Å². The monoisotopic (exact) mass is 453 g/mol. The fraction of sp³-hybridized carbons (Fsp3) is 0.120. The number of benzene rings is 3. The highest BCUT2D eigenvalue weighted by Crippen LogP contribution is 2.32. The van der Waals surface area contributed by atoms with E-state index in [1.165, 1.54) is 13.2 Å². The number of hydrogen-bond acceptors (Lipinski definition) is 5. The highest BCUT2D eigenvalue weighted by Gasteiger charge is 2.30. The van der Waals surface area contributed by atoms with Gasteiger partial charge in [0.15, 0.2) is 17.2 Å². The number of hydrogen-bond donors (Lipinski definition) is 0. The van der Waals surface area contributed by atoms with Crippen LogP contribution < -0.4 is 9.47 Å². The number of carbonyl (C=O) groups is 1. The molecule has 0 saturated heterocycles. The largest absolute Gasteiger partial charge is 0.493 e. The van der Waals surface area contributed by atoms with Crippen LogP contribution in [0.1, 0.15) is 22.3 Å². The molecule has 168 valence electrons. The number of methoxy groups -OCH3 is 1. The Hall–Kier alpha value is -4.07. The summed E-state index contributed by atoms with van der Waals surface area (Å²) >= 11 is 0. The van der Waals surface area contributed by atoms with Crippen LogP contribution in [0, 0.1) is 0 Å². The van der Waals surface area contributed by atoms with Gasteiger partial charge in [-0.1, -0.05) is 36.4 Å². The second-order valence-corrected chi connectivity index (χ2v) is 7.10. The first-order chi connectivity index (χ1) is 15.8. The standard InChI is InChI=1S/C25H18F3NO4/c1-31-22-14-16(13-20-24(30)33-23(29-20)18-7-3-2-4-8-18)10-11-21(22)32-15-17-6-5-9-19(12-17)25(26,27)28/h2-14H,15H2,1H3. The number of carbonyl (C=O) groups excluding carboxylic acids is 1. The van der Waals surface area contributed by atoms with E-state index in [1.54, 1.807) is 42.5 Å². The van der Waals surface area contributed by atoms with E-state index < -0.39 is 17.7 Å². The Morgan fingerprint density at radius 1 is 0.970 bits per heavy atom. The number of nitrogens with zero attached hydrogens (tertiary/aromatic N) is 1. The van der Waals surface area contributed by atoms with Crippen LogP contribution in [0.2, 0.25) is 0 Å². The summed E-state index contributed by atoms with van der Waals surface area (Å²) in [4.78, 5) is 16.5. The Kier molecular flexibility index (Phi) is 6.17. The molecule has 1 heterocycles. The zero-order valence-electron chi connectivity index (χ0n) is 17.4. The second-order valence-electron chi connectivity index (χ2n) is 7.10.